The van der Waals surface area contributed by atoms with Gasteiger partial charge in [-0.15, -0.1) is 11.3 Å². The topological polar surface area (TPSA) is 99.5 Å². The van der Waals surface area contributed by atoms with Gasteiger partial charge in [-0.25, -0.2) is 9.78 Å². The lowest BCUT2D eigenvalue weighted by molar-refractivity contribution is -0.118. The lowest BCUT2D eigenvalue weighted by Gasteiger charge is -2.15. The molecular formula is C19H19N3O5S. The van der Waals surface area contributed by atoms with Crippen LogP contribution in [0.2, 0.25) is 0 Å². The maximum Gasteiger partial charge on any atom is 0.348 e. The highest BCUT2D eigenvalue weighted by Gasteiger charge is 2.23. The number of ether oxygens (including phenoxy) is 2. The van der Waals surface area contributed by atoms with E-state index in [4.69, 9.17) is 9.47 Å². The standard InChI is InChI=1S/C19H19N3O5S/c1-10-14-17(28-15(10)19(25)27-4)20-9-22(18(14)24)11(2)16(23)21-12-5-7-13(26-3)8-6-12/h5-9,11H,1-4H3,(H,21,23)/t11-/m0/s1. The smallest absolute Gasteiger partial charge is 0.348 e. The number of aryl methyl sites for hydroxylation is 1. The van der Waals surface area contributed by atoms with Gasteiger partial charge in [0.2, 0.25) is 5.91 Å². The van der Waals surface area contributed by atoms with Gasteiger partial charge >= 0.3 is 5.97 Å². The Morgan fingerprint density at radius 2 is 1.89 bits per heavy atom. The van der Waals surface area contributed by atoms with Gasteiger partial charge in [0, 0.05) is 5.69 Å². The minimum atomic E-state index is -0.799. The number of rotatable bonds is 5. The molecule has 28 heavy (non-hydrogen) atoms. The Labute approximate surface area is 164 Å². The van der Waals surface area contributed by atoms with E-state index in [1.54, 1.807) is 45.2 Å². The highest BCUT2D eigenvalue weighted by Crippen LogP contribution is 2.27. The molecule has 0 aliphatic rings. The number of methoxy groups -OCH3 is 2. The molecular weight excluding hydrogens is 382 g/mol. The summed E-state index contributed by atoms with van der Waals surface area (Å²) in [5.74, 6) is -0.211. The van der Waals surface area contributed by atoms with Gasteiger partial charge in [-0.2, -0.15) is 0 Å². The van der Waals surface area contributed by atoms with Crippen LogP contribution in [0.25, 0.3) is 10.2 Å². The Morgan fingerprint density at radius 1 is 1.21 bits per heavy atom. The molecule has 0 aliphatic heterocycles. The lowest BCUT2D eigenvalue weighted by atomic mass is 10.2. The molecule has 0 bridgehead atoms. The molecule has 1 atom stereocenters. The fourth-order valence-electron chi connectivity index (χ4n) is 2.75. The van der Waals surface area contributed by atoms with Gasteiger partial charge in [0.1, 0.15) is 21.5 Å². The second-order valence-corrected chi connectivity index (χ2v) is 7.08. The predicted octanol–water partition coefficient (Wildman–Crippen LogP) is 2.76. The van der Waals surface area contributed by atoms with Gasteiger partial charge in [0.15, 0.2) is 0 Å². The van der Waals surface area contributed by atoms with Crippen LogP contribution in [0.15, 0.2) is 35.4 Å². The summed E-state index contributed by atoms with van der Waals surface area (Å²) in [6, 6.07) is 6.07. The molecule has 146 valence electrons. The number of nitrogens with one attached hydrogen (secondary N) is 1. The fourth-order valence-corrected chi connectivity index (χ4v) is 3.81. The number of anilines is 1. The number of nitrogens with zero attached hydrogens (tertiary/aromatic N) is 2. The van der Waals surface area contributed by atoms with Crippen molar-refractivity contribution >= 4 is 39.1 Å². The predicted molar refractivity (Wildman–Crippen MR) is 106 cm³/mol. The van der Waals surface area contributed by atoms with Crippen molar-refractivity contribution in [3.8, 4) is 5.75 Å². The van der Waals surface area contributed by atoms with Gasteiger partial charge in [-0.1, -0.05) is 0 Å². The first-order chi connectivity index (χ1) is 13.4. The van der Waals surface area contributed by atoms with Crippen LogP contribution in [0.5, 0.6) is 5.75 Å². The molecule has 0 saturated heterocycles. The summed E-state index contributed by atoms with van der Waals surface area (Å²) in [6.45, 7) is 3.28. The lowest BCUT2D eigenvalue weighted by Crippen LogP contribution is -2.31. The Hall–Kier alpha value is -3.20. The average Bonchev–Trinajstić information content (AvgIpc) is 3.05. The zero-order valence-corrected chi connectivity index (χ0v) is 16.6. The van der Waals surface area contributed by atoms with E-state index in [1.807, 2.05) is 0 Å². The highest BCUT2D eigenvalue weighted by atomic mass is 32.1. The highest BCUT2D eigenvalue weighted by molar-refractivity contribution is 7.20. The molecule has 1 amide bonds. The van der Waals surface area contributed by atoms with E-state index in [-0.39, 0.29) is 11.5 Å². The van der Waals surface area contributed by atoms with Crippen LogP contribution in [0.1, 0.15) is 28.2 Å². The molecule has 0 saturated carbocycles. The number of esters is 1. The Kier molecular flexibility index (Phi) is 5.46. The number of fused-ring (bicyclic) bond motifs is 1. The van der Waals surface area contributed by atoms with E-state index in [1.165, 1.54) is 18.0 Å². The molecule has 8 nitrogen and oxygen atoms in total. The van der Waals surface area contributed by atoms with E-state index in [9.17, 15) is 14.4 Å². The third kappa shape index (κ3) is 3.48. The third-order valence-corrected chi connectivity index (χ3v) is 5.58. The van der Waals surface area contributed by atoms with Gasteiger partial charge in [0.05, 0.1) is 25.9 Å². The summed E-state index contributed by atoms with van der Waals surface area (Å²) in [5, 5.41) is 3.08. The summed E-state index contributed by atoms with van der Waals surface area (Å²) in [5.41, 5.74) is 0.701. The largest absolute Gasteiger partial charge is 0.497 e. The Balaban J connectivity index is 1.92. The SMILES string of the molecule is COC(=O)c1sc2ncn([C@@H](C)C(=O)Nc3ccc(OC)cc3)c(=O)c2c1C. The monoisotopic (exact) mass is 401 g/mol. The minimum Gasteiger partial charge on any atom is -0.497 e. The van der Waals surface area contributed by atoms with Crippen molar-refractivity contribution in [3.63, 3.8) is 0 Å². The van der Waals surface area contributed by atoms with E-state index in [0.717, 1.165) is 11.3 Å². The zero-order chi connectivity index (χ0) is 20.4. The van der Waals surface area contributed by atoms with E-state index < -0.39 is 12.0 Å². The van der Waals surface area contributed by atoms with Gasteiger partial charge < -0.3 is 14.8 Å². The molecule has 1 N–H and O–H groups in total. The molecule has 9 heteroatoms. The molecule has 3 rings (SSSR count). The normalized spacial score (nSPS) is 11.9. The number of benzene rings is 1. The molecule has 0 spiro atoms. The zero-order valence-electron chi connectivity index (χ0n) is 15.8. The number of thiophene rings is 1. The molecule has 0 radical (unpaired) electrons. The molecule has 2 heterocycles. The number of hydrogen-bond acceptors (Lipinski definition) is 7. The van der Waals surface area contributed by atoms with Gasteiger partial charge in [0.25, 0.3) is 5.56 Å². The van der Waals surface area contributed by atoms with Crippen molar-refractivity contribution in [1.82, 2.24) is 9.55 Å². The maximum atomic E-state index is 12.9. The Bertz CT molecular complexity index is 1100. The van der Waals surface area contributed by atoms with Crippen LogP contribution < -0.4 is 15.6 Å². The van der Waals surface area contributed by atoms with Crippen molar-refractivity contribution in [2.24, 2.45) is 0 Å². The molecule has 0 aliphatic carbocycles. The van der Waals surface area contributed by atoms with Crippen LogP contribution >= 0.6 is 11.3 Å². The van der Waals surface area contributed by atoms with E-state index in [2.05, 4.69) is 10.3 Å². The number of aromatic nitrogens is 2. The van der Waals surface area contributed by atoms with Gasteiger partial charge in [-0.3, -0.25) is 14.2 Å². The summed E-state index contributed by atoms with van der Waals surface area (Å²) in [6.07, 6.45) is 1.32. The van der Waals surface area contributed by atoms with Crippen molar-refractivity contribution in [3.05, 3.63) is 51.4 Å². The quantitative estimate of drug-likeness (QED) is 0.660. The first-order valence-corrected chi connectivity index (χ1v) is 9.22. The Morgan fingerprint density at radius 3 is 2.50 bits per heavy atom. The van der Waals surface area contributed by atoms with Gasteiger partial charge in [-0.05, 0) is 43.7 Å². The van der Waals surface area contributed by atoms with Crippen molar-refractivity contribution in [2.75, 3.05) is 19.5 Å². The number of carbonyl (C=O) groups is 2. The van der Waals surface area contributed by atoms with Crippen molar-refractivity contribution in [1.29, 1.82) is 0 Å². The fraction of sp³-hybridized carbons (Fsp3) is 0.263. The van der Waals surface area contributed by atoms with Crippen LogP contribution in [0, 0.1) is 6.92 Å². The van der Waals surface area contributed by atoms with Crippen LogP contribution in [0.4, 0.5) is 5.69 Å². The van der Waals surface area contributed by atoms with Crippen molar-refractivity contribution < 1.29 is 19.1 Å². The first kappa shape index (κ1) is 19.6. The van der Waals surface area contributed by atoms with E-state index in [0.29, 0.717) is 32.1 Å². The van der Waals surface area contributed by atoms with E-state index >= 15 is 0 Å². The number of amides is 1. The molecule has 2 aromatic heterocycles. The maximum absolute atomic E-state index is 12.9. The summed E-state index contributed by atoms with van der Waals surface area (Å²) >= 11 is 1.09. The summed E-state index contributed by atoms with van der Waals surface area (Å²) in [4.78, 5) is 42.4. The van der Waals surface area contributed by atoms with Crippen LogP contribution in [-0.2, 0) is 9.53 Å². The molecule has 1 aromatic carbocycles. The van der Waals surface area contributed by atoms with Crippen LogP contribution in [-0.4, -0.2) is 35.6 Å². The number of hydrogen-bond donors (Lipinski definition) is 1. The second kappa shape index (κ2) is 7.81. The molecule has 3 aromatic rings. The second-order valence-electron chi connectivity index (χ2n) is 6.08. The summed E-state index contributed by atoms with van der Waals surface area (Å²) < 4.78 is 11.1. The summed E-state index contributed by atoms with van der Waals surface area (Å²) in [7, 11) is 2.84. The molecule has 0 fully saturated rings. The number of carbonyl (C=O) groups excluding carboxylic acids is 2. The third-order valence-electron chi connectivity index (χ3n) is 4.40. The minimum absolute atomic E-state index is 0.317. The van der Waals surface area contributed by atoms with Crippen LogP contribution in [0.3, 0.4) is 0 Å². The average molecular weight is 401 g/mol. The molecule has 0 unspecified atom stereocenters. The first-order valence-electron chi connectivity index (χ1n) is 8.40. The van der Waals surface area contributed by atoms with Crippen molar-refractivity contribution in [2.45, 2.75) is 19.9 Å².